The van der Waals surface area contributed by atoms with E-state index in [9.17, 15) is 4.79 Å². The first-order chi connectivity index (χ1) is 18.7. The number of rotatable bonds is 5. The van der Waals surface area contributed by atoms with Crippen molar-refractivity contribution >= 4 is 23.1 Å². The van der Waals surface area contributed by atoms with Crippen LogP contribution in [0.25, 0.3) is 28.5 Å². The van der Waals surface area contributed by atoms with Crippen LogP contribution in [0, 0.1) is 5.92 Å². The summed E-state index contributed by atoms with van der Waals surface area (Å²) < 4.78 is 14.8. The third-order valence-electron chi connectivity index (χ3n) is 6.89. The number of aromatic nitrogens is 7. The predicted octanol–water partition coefficient (Wildman–Crippen LogP) is 2.86. The van der Waals surface area contributed by atoms with E-state index >= 15 is 0 Å². The van der Waals surface area contributed by atoms with Gasteiger partial charge in [-0.3, -0.25) is 4.98 Å². The van der Waals surface area contributed by atoms with Crippen LogP contribution in [-0.4, -0.2) is 90.3 Å². The molecule has 4 aromatic rings. The fraction of sp³-hybridized carbons (Fsp3) is 0.481. The first kappa shape index (κ1) is 25.2. The second-order valence-electron chi connectivity index (χ2n) is 11.1. The van der Waals surface area contributed by atoms with Gasteiger partial charge >= 0.3 is 6.09 Å². The molecule has 12 nitrogen and oxygen atoms in total. The van der Waals surface area contributed by atoms with E-state index in [4.69, 9.17) is 29.5 Å². The quantitative estimate of drug-likeness (QED) is 0.383. The molecule has 2 aliphatic heterocycles. The number of pyridine rings is 1. The fourth-order valence-electron chi connectivity index (χ4n) is 4.94. The number of fused-ring (bicyclic) bond motifs is 1. The highest BCUT2D eigenvalue weighted by molar-refractivity contribution is 5.87. The summed E-state index contributed by atoms with van der Waals surface area (Å²) in [6.07, 6.45) is 5.92. The molecule has 204 valence electrons. The zero-order valence-corrected chi connectivity index (χ0v) is 22.7. The van der Waals surface area contributed by atoms with Crippen molar-refractivity contribution in [3.8, 4) is 17.3 Å². The van der Waals surface area contributed by atoms with Crippen molar-refractivity contribution in [3.05, 3.63) is 42.5 Å². The number of hydrogen-bond acceptors (Lipinski definition) is 9. The topological polar surface area (TPSA) is 116 Å². The lowest BCUT2D eigenvalue weighted by Gasteiger charge is -2.39. The minimum Gasteiger partial charge on any atom is -0.444 e. The Hall–Kier alpha value is -4.06. The lowest BCUT2D eigenvalue weighted by molar-refractivity contribution is -0.00101. The number of nitrogens with zero attached hydrogens (tertiary/aromatic N) is 9. The SMILES string of the molecule is Cn1c(-c2ccncc2)nc2c(N3CCOCC3)nc(-n3ccc(CC4CN(C(=O)OC(C)(C)C)C4)n3)nc21. The van der Waals surface area contributed by atoms with E-state index < -0.39 is 5.60 Å². The zero-order valence-electron chi connectivity index (χ0n) is 22.7. The largest absolute Gasteiger partial charge is 0.444 e. The van der Waals surface area contributed by atoms with Crippen LogP contribution in [0.1, 0.15) is 26.5 Å². The second kappa shape index (κ2) is 9.92. The molecule has 4 aromatic heterocycles. The minimum absolute atomic E-state index is 0.260. The Morgan fingerprint density at radius 2 is 1.82 bits per heavy atom. The van der Waals surface area contributed by atoms with Crippen molar-refractivity contribution in [3.63, 3.8) is 0 Å². The summed E-state index contributed by atoms with van der Waals surface area (Å²) in [5.74, 6) is 2.41. The van der Waals surface area contributed by atoms with Crippen LogP contribution < -0.4 is 4.90 Å². The molecule has 0 radical (unpaired) electrons. The molecular formula is C27H33N9O3. The second-order valence-corrected chi connectivity index (χ2v) is 11.1. The number of morpholine rings is 1. The van der Waals surface area contributed by atoms with Gasteiger partial charge in [-0.05, 0) is 51.3 Å². The van der Waals surface area contributed by atoms with Crippen LogP contribution in [-0.2, 0) is 22.9 Å². The maximum absolute atomic E-state index is 12.3. The monoisotopic (exact) mass is 531 g/mol. The molecule has 2 fully saturated rings. The molecule has 0 unspecified atom stereocenters. The highest BCUT2D eigenvalue weighted by Gasteiger charge is 2.34. The third-order valence-corrected chi connectivity index (χ3v) is 6.89. The molecule has 1 amide bonds. The molecule has 0 aromatic carbocycles. The Morgan fingerprint density at radius 1 is 1.08 bits per heavy atom. The Morgan fingerprint density at radius 3 is 2.54 bits per heavy atom. The minimum atomic E-state index is -0.491. The van der Waals surface area contributed by atoms with Gasteiger partial charge in [0.1, 0.15) is 11.4 Å². The molecule has 6 heterocycles. The normalized spacial score (nSPS) is 16.5. The Kier molecular flexibility index (Phi) is 6.42. The van der Waals surface area contributed by atoms with Crippen molar-refractivity contribution in [1.82, 2.24) is 39.2 Å². The molecule has 0 bridgehead atoms. The Balaban J connectivity index is 1.26. The van der Waals surface area contributed by atoms with E-state index in [0.717, 1.165) is 53.6 Å². The highest BCUT2D eigenvalue weighted by Crippen LogP contribution is 2.30. The Bertz CT molecular complexity index is 1480. The maximum atomic E-state index is 12.3. The number of imidazole rings is 1. The summed E-state index contributed by atoms with van der Waals surface area (Å²) in [5, 5.41) is 4.80. The number of anilines is 1. The zero-order chi connectivity index (χ0) is 27.1. The van der Waals surface area contributed by atoms with Gasteiger partial charge in [0.25, 0.3) is 5.95 Å². The Labute approximate surface area is 226 Å². The molecule has 2 saturated heterocycles. The van der Waals surface area contributed by atoms with Crippen LogP contribution in [0.5, 0.6) is 0 Å². The van der Waals surface area contributed by atoms with E-state index in [1.54, 1.807) is 22.0 Å². The van der Waals surface area contributed by atoms with Gasteiger partial charge in [0.2, 0.25) is 0 Å². The number of aryl methyl sites for hydroxylation is 1. The average molecular weight is 532 g/mol. The molecule has 6 rings (SSSR count). The molecular weight excluding hydrogens is 498 g/mol. The molecule has 0 aliphatic carbocycles. The van der Waals surface area contributed by atoms with Crippen molar-refractivity contribution in [1.29, 1.82) is 0 Å². The first-order valence-corrected chi connectivity index (χ1v) is 13.3. The summed E-state index contributed by atoms with van der Waals surface area (Å²) in [5.41, 5.74) is 2.89. The molecule has 2 aliphatic rings. The smallest absolute Gasteiger partial charge is 0.410 e. The summed E-state index contributed by atoms with van der Waals surface area (Å²) in [6, 6.07) is 5.87. The van der Waals surface area contributed by atoms with Gasteiger partial charge in [-0.15, -0.1) is 0 Å². The molecule has 0 N–H and O–H groups in total. The predicted molar refractivity (Wildman–Crippen MR) is 145 cm³/mol. The van der Waals surface area contributed by atoms with Gasteiger partial charge < -0.3 is 23.8 Å². The van der Waals surface area contributed by atoms with E-state index in [1.165, 1.54) is 0 Å². The third kappa shape index (κ3) is 5.16. The number of ether oxygens (including phenoxy) is 2. The summed E-state index contributed by atoms with van der Waals surface area (Å²) >= 11 is 0. The van der Waals surface area contributed by atoms with Crippen LogP contribution in [0.3, 0.4) is 0 Å². The van der Waals surface area contributed by atoms with Crippen LogP contribution in [0.4, 0.5) is 10.6 Å². The number of hydrogen-bond donors (Lipinski definition) is 0. The van der Waals surface area contributed by atoms with Crippen molar-refractivity contribution < 1.29 is 14.3 Å². The number of amides is 1. The first-order valence-electron chi connectivity index (χ1n) is 13.3. The molecule has 12 heteroatoms. The number of carbonyl (C=O) groups is 1. The van der Waals surface area contributed by atoms with Crippen molar-refractivity contribution in [2.75, 3.05) is 44.3 Å². The summed E-state index contributed by atoms with van der Waals surface area (Å²) in [6.45, 7) is 9.70. The fourth-order valence-corrected chi connectivity index (χ4v) is 4.94. The molecule has 0 saturated carbocycles. The number of carbonyl (C=O) groups excluding carboxylic acids is 1. The van der Waals surface area contributed by atoms with Crippen LogP contribution in [0.2, 0.25) is 0 Å². The van der Waals surface area contributed by atoms with Gasteiger partial charge in [-0.1, -0.05) is 0 Å². The van der Waals surface area contributed by atoms with E-state index in [0.29, 0.717) is 38.2 Å². The van der Waals surface area contributed by atoms with E-state index in [1.807, 2.05) is 56.8 Å². The average Bonchev–Trinajstić information content (AvgIpc) is 3.50. The van der Waals surface area contributed by atoms with Gasteiger partial charge in [0.05, 0.1) is 18.9 Å². The number of likely N-dealkylation sites (tertiary alicyclic amines) is 1. The van der Waals surface area contributed by atoms with Crippen LogP contribution >= 0.6 is 0 Å². The highest BCUT2D eigenvalue weighted by atomic mass is 16.6. The molecule has 0 spiro atoms. The summed E-state index contributed by atoms with van der Waals surface area (Å²) in [7, 11) is 1.96. The van der Waals surface area contributed by atoms with Crippen molar-refractivity contribution in [2.45, 2.75) is 32.8 Å². The van der Waals surface area contributed by atoms with E-state index in [2.05, 4.69) is 9.88 Å². The van der Waals surface area contributed by atoms with Crippen LogP contribution in [0.15, 0.2) is 36.8 Å². The van der Waals surface area contributed by atoms with Gasteiger partial charge in [-0.25, -0.2) is 14.5 Å². The lowest BCUT2D eigenvalue weighted by Crippen LogP contribution is -2.52. The summed E-state index contributed by atoms with van der Waals surface area (Å²) in [4.78, 5) is 35.1. The van der Waals surface area contributed by atoms with Crippen molar-refractivity contribution in [2.24, 2.45) is 13.0 Å². The standard InChI is InChI=1S/C27H33N9O3/c1-27(2,3)39-26(37)35-16-18(17-35)15-20-7-10-36(32-20)25-30-23-21(24(31-25)34-11-13-38-14-12-34)29-22(33(23)4)19-5-8-28-9-6-19/h5-10,18H,11-17H2,1-4H3. The van der Waals surface area contributed by atoms with Gasteiger partial charge in [0.15, 0.2) is 17.0 Å². The molecule has 0 atom stereocenters. The van der Waals surface area contributed by atoms with Gasteiger partial charge in [-0.2, -0.15) is 15.1 Å². The lowest BCUT2D eigenvalue weighted by atomic mass is 9.95. The van der Waals surface area contributed by atoms with Gasteiger partial charge in [0, 0.05) is 57.4 Å². The maximum Gasteiger partial charge on any atom is 0.410 e. The molecule has 39 heavy (non-hydrogen) atoms. The van der Waals surface area contributed by atoms with E-state index in [-0.39, 0.29) is 6.09 Å².